The molecule has 2 rings (SSSR count). The van der Waals surface area contributed by atoms with E-state index in [2.05, 4.69) is 23.7 Å². The molecule has 13 heavy (non-hydrogen) atoms. The minimum absolute atomic E-state index is 0. The molecule has 0 N–H and O–H groups in total. The summed E-state index contributed by atoms with van der Waals surface area (Å²) in [5.41, 5.74) is 0. The zero-order valence-electron chi connectivity index (χ0n) is 6.46. The third-order valence-electron chi connectivity index (χ3n) is 1.26. The van der Waals surface area contributed by atoms with Gasteiger partial charge in [-0.3, -0.25) is 0 Å². The van der Waals surface area contributed by atoms with Crippen LogP contribution in [0.4, 0.5) is 0 Å². The Morgan fingerprint density at radius 2 is 1.38 bits per heavy atom. The summed E-state index contributed by atoms with van der Waals surface area (Å²) >= 11 is -0.260. The van der Waals surface area contributed by atoms with Crippen LogP contribution in [-0.2, 0) is 23.2 Å². The van der Waals surface area contributed by atoms with Gasteiger partial charge in [0.2, 0.25) is 0 Å². The van der Waals surface area contributed by atoms with Crippen molar-refractivity contribution in [2.75, 3.05) is 0 Å². The minimum atomic E-state index is -0.260. The molecule has 68 valence electrons. The molecule has 2 aromatic rings. The Labute approximate surface area is 108 Å². The van der Waals surface area contributed by atoms with Crippen LogP contribution in [0.5, 0.6) is 0 Å². The van der Waals surface area contributed by atoms with Crippen molar-refractivity contribution in [1.82, 2.24) is 0 Å². The summed E-state index contributed by atoms with van der Waals surface area (Å²) in [4.78, 5) is 0. The number of rotatable bonds is 2. The van der Waals surface area contributed by atoms with Crippen LogP contribution in [0.15, 0.2) is 23.7 Å². The molecule has 0 saturated carbocycles. The Morgan fingerprint density at radius 1 is 0.923 bits per heavy atom. The Morgan fingerprint density at radius 3 is 1.69 bits per heavy atom. The van der Waals surface area contributed by atoms with Gasteiger partial charge in [-0.05, 0) is 0 Å². The Bertz CT molecular complexity index is 275. The summed E-state index contributed by atoms with van der Waals surface area (Å²) < 4.78 is 3.57. The molecular formula is C6H6Cl2P4Zr. The first-order valence-electron chi connectivity index (χ1n) is 3.22. The van der Waals surface area contributed by atoms with Crippen molar-refractivity contribution in [2.45, 2.75) is 0 Å². The van der Waals surface area contributed by atoms with E-state index in [4.69, 9.17) is 0 Å². The standard InChI is InChI=1S/2C3H3P2.2ClH.Zr/c2*1-2-4-5-3-1;;;/h2*1-2,4H;2*1H;/q;;;;+2/p-2. The predicted octanol–water partition coefficient (Wildman–Crippen LogP) is -3.05. The van der Waals surface area contributed by atoms with E-state index in [1.54, 1.807) is 21.7 Å². The van der Waals surface area contributed by atoms with Gasteiger partial charge in [0.25, 0.3) is 0 Å². The van der Waals surface area contributed by atoms with Gasteiger partial charge in [-0.1, -0.05) is 0 Å². The van der Waals surface area contributed by atoms with E-state index in [0.717, 1.165) is 15.7 Å². The fourth-order valence-electron chi connectivity index (χ4n) is 0.791. The molecule has 2 atom stereocenters. The average Bonchev–Trinajstić information content (AvgIpc) is 2.60. The summed E-state index contributed by atoms with van der Waals surface area (Å²) in [5.74, 6) is 4.69. The van der Waals surface area contributed by atoms with Gasteiger partial charge >= 0.3 is 84.4 Å². The van der Waals surface area contributed by atoms with E-state index >= 15 is 0 Å². The third kappa shape index (κ3) is 4.96. The molecule has 0 fully saturated rings. The van der Waals surface area contributed by atoms with Crippen LogP contribution in [0.25, 0.3) is 0 Å². The van der Waals surface area contributed by atoms with Crippen LogP contribution in [-0.4, -0.2) is 0 Å². The fraction of sp³-hybridized carbons (Fsp3) is 0. The summed E-state index contributed by atoms with van der Waals surface area (Å²) in [6.45, 7) is 0. The summed E-state index contributed by atoms with van der Waals surface area (Å²) in [7, 11) is 5.40. The molecule has 0 amide bonds. The van der Waals surface area contributed by atoms with Gasteiger partial charge in [0, 0.05) is 0 Å². The van der Waals surface area contributed by atoms with Crippen molar-refractivity contribution < 1.29 is 48.0 Å². The SMILES string of the molecule is [Cl-].[Cl-].c1c[c]([Zr+2][c]2cc[pH]p2)p[pH]1. The van der Waals surface area contributed by atoms with Crippen LogP contribution in [0.2, 0.25) is 0 Å². The fourth-order valence-corrected chi connectivity index (χ4v) is 14.5. The summed E-state index contributed by atoms with van der Waals surface area (Å²) in [6.07, 6.45) is 0. The monoisotopic (exact) mass is 362 g/mol. The van der Waals surface area contributed by atoms with Crippen LogP contribution in [0, 0.1) is 0 Å². The number of hydrogen-bond acceptors (Lipinski definition) is 0. The topological polar surface area (TPSA) is 0 Å². The van der Waals surface area contributed by atoms with E-state index in [9.17, 15) is 0 Å². The van der Waals surface area contributed by atoms with Gasteiger partial charge in [-0.25, -0.2) is 0 Å². The van der Waals surface area contributed by atoms with Crippen molar-refractivity contribution in [1.29, 1.82) is 0 Å². The molecule has 0 aliphatic rings. The van der Waals surface area contributed by atoms with Crippen molar-refractivity contribution in [3.63, 3.8) is 0 Å². The third-order valence-corrected chi connectivity index (χ3v) is 14.4. The maximum absolute atomic E-state index is 2.38. The normalized spacial score (nSPS) is 10.5. The van der Waals surface area contributed by atoms with Crippen molar-refractivity contribution >= 4 is 37.5 Å². The first-order valence-corrected chi connectivity index (χ1v) is 11.3. The molecule has 7 heteroatoms. The van der Waals surface area contributed by atoms with Crippen molar-refractivity contribution in [2.24, 2.45) is 0 Å². The van der Waals surface area contributed by atoms with E-state index in [0.29, 0.717) is 0 Å². The Balaban J connectivity index is 0.000000720. The van der Waals surface area contributed by atoms with Crippen molar-refractivity contribution in [3.05, 3.63) is 23.7 Å². The average molecular weight is 364 g/mol. The molecule has 0 aliphatic heterocycles. The van der Waals surface area contributed by atoms with E-state index < -0.39 is 0 Å². The molecule has 0 nitrogen and oxygen atoms in total. The molecule has 0 radical (unpaired) electrons. The Kier molecular flexibility index (Phi) is 9.25. The second kappa shape index (κ2) is 8.08. The van der Waals surface area contributed by atoms with E-state index in [-0.39, 0.29) is 48.0 Å². The molecule has 2 heterocycles. The van der Waals surface area contributed by atoms with Gasteiger partial charge in [0.1, 0.15) is 0 Å². The quantitative estimate of drug-likeness (QED) is 0.532. The van der Waals surface area contributed by atoms with Gasteiger partial charge in [0.05, 0.1) is 0 Å². The molecular weight excluding hydrogens is 358 g/mol. The van der Waals surface area contributed by atoms with Crippen LogP contribution in [0.1, 0.15) is 0 Å². The zero-order valence-corrected chi connectivity index (χ0v) is 14.2. The molecule has 2 aromatic heterocycles. The van der Waals surface area contributed by atoms with Crippen LogP contribution >= 0.6 is 31.5 Å². The second-order valence-corrected chi connectivity index (χ2v) is 12.9. The summed E-state index contributed by atoms with van der Waals surface area (Å²) in [6, 6.07) is 4.76. The second-order valence-electron chi connectivity index (χ2n) is 2.04. The molecule has 2 unspecified atom stereocenters. The van der Waals surface area contributed by atoms with Crippen molar-refractivity contribution in [3.8, 4) is 0 Å². The van der Waals surface area contributed by atoms with E-state index in [1.165, 1.54) is 0 Å². The number of halogens is 2. The molecule has 0 aliphatic carbocycles. The molecule has 0 aromatic carbocycles. The first-order chi connectivity index (χ1) is 5.45. The summed E-state index contributed by atoms with van der Waals surface area (Å²) in [5, 5.41) is 0. The van der Waals surface area contributed by atoms with E-state index in [1.807, 2.05) is 0 Å². The molecule has 0 saturated heterocycles. The van der Waals surface area contributed by atoms with Crippen LogP contribution in [0.3, 0.4) is 0 Å². The molecule has 0 spiro atoms. The zero-order chi connectivity index (χ0) is 7.52. The number of hydrogen-bond donors (Lipinski definition) is 0. The van der Waals surface area contributed by atoms with Gasteiger partial charge in [-0.2, -0.15) is 0 Å². The molecule has 0 bridgehead atoms. The Hall–Kier alpha value is 1.88. The first kappa shape index (κ1) is 14.9. The predicted molar refractivity (Wildman–Crippen MR) is 56.2 cm³/mol. The van der Waals surface area contributed by atoms with Gasteiger partial charge < -0.3 is 24.8 Å². The van der Waals surface area contributed by atoms with Gasteiger partial charge in [0.15, 0.2) is 0 Å². The maximum atomic E-state index is 2.38. The van der Waals surface area contributed by atoms with Crippen LogP contribution < -0.4 is 30.8 Å². The van der Waals surface area contributed by atoms with Gasteiger partial charge in [-0.15, -0.1) is 0 Å².